The number of nitrogen functional groups attached to an aromatic ring is 1. The van der Waals surface area contributed by atoms with Gasteiger partial charge < -0.3 is 16.0 Å². The molecular formula is C21H29Cl2N3O. The Morgan fingerprint density at radius 2 is 1.74 bits per heavy atom. The largest absolute Gasteiger partial charge is 0.399 e. The van der Waals surface area contributed by atoms with E-state index < -0.39 is 0 Å². The lowest BCUT2D eigenvalue weighted by atomic mass is 10.1. The van der Waals surface area contributed by atoms with Gasteiger partial charge in [-0.25, -0.2) is 0 Å². The van der Waals surface area contributed by atoms with Gasteiger partial charge in [0.25, 0.3) is 0 Å². The molecule has 1 fully saturated rings. The van der Waals surface area contributed by atoms with Gasteiger partial charge in [-0.2, -0.15) is 0 Å². The number of nitrogens with zero attached hydrogens (tertiary/aromatic N) is 1. The van der Waals surface area contributed by atoms with Gasteiger partial charge in [0.2, 0.25) is 5.91 Å². The van der Waals surface area contributed by atoms with E-state index in [2.05, 4.69) is 40.5 Å². The highest BCUT2D eigenvalue weighted by molar-refractivity contribution is 5.85. The minimum Gasteiger partial charge on any atom is -0.399 e. The Bertz CT molecular complexity index is 680. The highest BCUT2D eigenvalue weighted by atomic mass is 35.5. The van der Waals surface area contributed by atoms with Crippen molar-refractivity contribution < 1.29 is 4.79 Å². The molecule has 4 nitrogen and oxygen atoms in total. The van der Waals surface area contributed by atoms with Gasteiger partial charge in [-0.3, -0.25) is 4.79 Å². The normalized spacial score (nSPS) is 16.2. The molecule has 0 saturated carbocycles. The molecular weight excluding hydrogens is 381 g/mol. The van der Waals surface area contributed by atoms with Gasteiger partial charge in [-0.05, 0) is 48.6 Å². The molecule has 148 valence electrons. The predicted octanol–water partition coefficient (Wildman–Crippen LogP) is 3.34. The van der Waals surface area contributed by atoms with Gasteiger partial charge >= 0.3 is 0 Å². The van der Waals surface area contributed by atoms with Crippen LogP contribution in [0.2, 0.25) is 0 Å². The highest BCUT2D eigenvalue weighted by Crippen LogP contribution is 2.16. The van der Waals surface area contributed by atoms with Gasteiger partial charge in [-0.15, -0.1) is 24.8 Å². The van der Waals surface area contributed by atoms with Crippen molar-refractivity contribution in [2.24, 2.45) is 5.92 Å². The van der Waals surface area contributed by atoms with E-state index in [4.69, 9.17) is 5.73 Å². The Balaban J connectivity index is 0.00000182. The van der Waals surface area contributed by atoms with Crippen LogP contribution in [0, 0.1) is 5.92 Å². The van der Waals surface area contributed by atoms with Crippen LogP contribution in [-0.2, 0) is 17.6 Å². The van der Waals surface area contributed by atoms with Gasteiger partial charge in [0, 0.05) is 25.3 Å². The summed E-state index contributed by atoms with van der Waals surface area (Å²) < 4.78 is 0. The van der Waals surface area contributed by atoms with E-state index in [1.54, 1.807) is 0 Å². The smallest absolute Gasteiger partial charge is 0.224 e. The summed E-state index contributed by atoms with van der Waals surface area (Å²) in [5.41, 5.74) is 8.79. The second-order valence-electron chi connectivity index (χ2n) is 6.91. The molecule has 2 aromatic rings. The Labute approximate surface area is 174 Å². The van der Waals surface area contributed by atoms with Crippen LogP contribution in [0.25, 0.3) is 0 Å². The third-order valence-corrected chi connectivity index (χ3v) is 4.86. The number of amides is 1. The van der Waals surface area contributed by atoms with Gasteiger partial charge in [0.15, 0.2) is 0 Å². The number of rotatable bonds is 7. The maximum Gasteiger partial charge on any atom is 0.224 e. The van der Waals surface area contributed by atoms with Crippen molar-refractivity contribution in [2.75, 3.05) is 31.9 Å². The minimum absolute atomic E-state index is 0. The number of carbonyl (C=O) groups is 1. The molecule has 0 bridgehead atoms. The molecule has 0 aromatic heterocycles. The average Bonchev–Trinajstić information content (AvgIpc) is 3.09. The summed E-state index contributed by atoms with van der Waals surface area (Å²) in [6.45, 7) is 4.08. The molecule has 0 radical (unpaired) electrons. The summed E-state index contributed by atoms with van der Waals surface area (Å²) in [6, 6.07) is 18.1. The number of hydrogen-bond acceptors (Lipinski definition) is 3. The quantitative estimate of drug-likeness (QED) is 0.689. The zero-order chi connectivity index (χ0) is 17.5. The third kappa shape index (κ3) is 7.79. The molecule has 1 unspecified atom stereocenters. The number of likely N-dealkylation sites (tertiary alicyclic amines) is 1. The van der Waals surface area contributed by atoms with Crippen LogP contribution >= 0.6 is 24.8 Å². The second-order valence-corrected chi connectivity index (χ2v) is 6.91. The second kappa shape index (κ2) is 11.9. The summed E-state index contributed by atoms with van der Waals surface area (Å²) in [7, 11) is 0. The molecule has 1 atom stereocenters. The Hall–Kier alpha value is -1.75. The van der Waals surface area contributed by atoms with Crippen LogP contribution in [0.1, 0.15) is 17.5 Å². The summed E-state index contributed by atoms with van der Waals surface area (Å²) in [6.07, 6.45) is 2.68. The summed E-state index contributed by atoms with van der Waals surface area (Å²) in [5.74, 6) is 0.652. The van der Waals surface area contributed by atoms with E-state index in [-0.39, 0.29) is 30.7 Å². The molecule has 3 rings (SSSR count). The lowest BCUT2D eigenvalue weighted by Crippen LogP contribution is -2.32. The Morgan fingerprint density at radius 1 is 1.04 bits per heavy atom. The maximum absolute atomic E-state index is 12.1. The lowest BCUT2D eigenvalue weighted by molar-refractivity contribution is -0.120. The lowest BCUT2D eigenvalue weighted by Gasteiger charge is -2.16. The minimum atomic E-state index is 0. The van der Waals surface area contributed by atoms with Gasteiger partial charge in [0.1, 0.15) is 0 Å². The van der Waals surface area contributed by atoms with Crippen LogP contribution in [0.4, 0.5) is 5.69 Å². The molecule has 0 aliphatic carbocycles. The monoisotopic (exact) mass is 409 g/mol. The van der Waals surface area contributed by atoms with Crippen molar-refractivity contribution in [3.05, 3.63) is 65.7 Å². The van der Waals surface area contributed by atoms with E-state index in [0.29, 0.717) is 12.3 Å². The zero-order valence-electron chi connectivity index (χ0n) is 15.5. The number of hydrogen-bond donors (Lipinski definition) is 2. The van der Waals surface area contributed by atoms with Crippen molar-refractivity contribution in [1.29, 1.82) is 0 Å². The van der Waals surface area contributed by atoms with Crippen LogP contribution in [0.3, 0.4) is 0 Å². The standard InChI is InChI=1S/C21H27N3O.2ClH/c22-20-8-6-18(7-9-20)14-21(25)23-15-19-11-13-24(16-19)12-10-17-4-2-1-3-5-17;;/h1-9,19H,10-16,22H2,(H,23,25);2*1H. The summed E-state index contributed by atoms with van der Waals surface area (Å²) >= 11 is 0. The Morgan fingerprint density at radius 3 is 2.44 bits per heavy atom. The number of carbonyl (C=O) groups excluding carboxylic acids is 1. The number of nitrogens with two attached hydrogens (primary N) is 1. The maximum atomic E-state index is 12.1. The first-order valence-electron chi connectivity index (χ1n) is 9.06. The van der Waals surface area contributed by atoms with E-state index >= 15 is 0 Å². The third-order valence-electron chi connectivity index (χ3n) is 4.86. The SMILES string of the molecule is Cl.Cl.Nc1ccc(CC(=O)NCC2CCN(CCc3ccccc3)C2)cc1. The van der Waals surface area contributed by atoms with Crippen molar-refractivity contribution in [1.82, 2.24) is 10.2 Å². The van der Waals surface area contributed by atoms with Crippen LogP contribution in [0.5, 0.6) is 0 Å². The van der Waals surface area contributed by atoms with Crippen molar-refractivity contribution in [3.63, 3.8) is 0 Å². The number of benzene rings is 2. The fourth-order valence-electron chi connectivity index (χ4n) is 3.36. The predicted molar refractivity (Wildman–Crippen MR) is 117 cm³/mol. The first-order valence-corrected chi connectivity index (χ1v) is 9.06. The molecule has 6 heteroatoms. The molecule has 0 spiro atoms. The molecule has 1 aliphatic rings. The van der Waals surface area contributed by atoms with Crippen LogP contribution < -0.4 is 11.1 Å². The van der Waals surface area contributed by atoms with Crippen molar-refractivity contribution in [2.45, 2.75) is 19.3 Å². The first-order chi connectivity index (χ1) is 12.2. The van der Waals surface area contributed by atoms with E-state index in [1.807, 2.05) is 24.3 Å². The fraction of sp³-hybridized carbons (Fsp3) is 0.381. The van der Waals surface area contributed by atoms with Crippen molar-refractivity contribution in [3.8, 4) is 0 Å². The number of halogens is 2. The van der Waals surface area contributed by atoms with E-state index in [1.165, 1.54) is 5.56 Å². The van der Waals surface area contributed by atoms with Gasteiger partial charge in [0.05, 0.1) is 6.42 Å². The highest BCUT2D eigenvalue weighted by Gasteiger charge is 2.22. The summed E-state index contributed by atoms with van der Waals surface area (Å²) in [4.78, 5) is 14.6. The fourth-order valence-corrected chi connectivity index (χ4v) is 3.36. The molecule has 1 amide bonds. The molecule has 1 saturated heterocycles. The molecule has 2 aromatic carbocycles. The zero-order valence-corrected chi connectivity index (χ0v) is 17.1. The number of nitrogens with one attached hydrogen (secondary N) is 1. The van der Waals surface area contributed by atoms with Crippen LogP contribution in [-0.4, -0.2) is 37.0 Å². The Kier molecular flexibility index (Phi) is 10.2. The van der Waals surface area contributed by atoms with Gasteiger partial charge in [-0.1, -0.05) is 42.5 Å². The topological polar surface area (TPSA) is 58.4 Å². The summed E-state index contributed by atoms with van der Waals surface area (Å²) in [5, 5.41) is 3.09. The van der Waals surface area contributed by atoms with Crippen LogP contribution in [0.15, 0.2) is 54.6 Å². The first kappa shape index (κ1) is 23.3. The number of anilines is 1. The molecule has 3 N–H and O–H groups in total. The van der Waals surface area contributed by atoms with E-state index in [9.17, 15) is 4.79 Å². The molecule has 27 heavy (non-hydrogen) atoms. The van der Waals surface area contributed by atoms with Crippen molar-refractivity contribution >= 4 is 36.4 Å². The molecule has 1 aliphatic heterocycles. The average molecular weight is 410 g/mol. The van der Waals surface area contributed by atoms with E-state index in [0.717, 1.165) is 50.3 Å². The molecule has 1 heterocycles.